The summed E-state index contributed by atoms with van der Waals surface area (Å²) in [4.78, 5) is 24.3. The van der Waals surface area contributed by atoms with Gasteiger partial charge in [0.25, 0.3) is 5.91 Å². The fourth-order valence-corrected chi connectivity index (χ4v) is 3.48. The Labute approximate surface area is 132 Å². The zero-order valence-electron chi connectivity index (χ0n) is 12.7. The Morgan fingerprint density at radius 2 is 1.95 bits per heavy atom. The van der Waals surface area contributed by atoms with E-state index in [2.05, 4.69) is 5.32 Å². The van der Waals surface area contributed by atoms with Crippen molar-refractivity contribution in [1.29, 1.82) is 0 Å². The van der Waals surface area contributed by atoms with Crippen LogP contribution in [0.5, 0.6) is 0 Å². The molecule has 1 aliphatic rings. The van der Waals surface area contributed by atoms with E-state index in [1.54, 1.807) is 31.2 Å². The third-order valence-electron chi connectivity index (χ3n) is 3.67. The van der Waals surface area contributed by atoms with Gasteiger partial charge in [0.15, 0.2) is 6.61 Å². The molecule has 0 saturated heterocycles. The number of benzene rings is 1. The summed E-state index contributed by atoms with van der Waals surface area (Å²) in [6.07, 6.45) is 4.22. The fraction of sp³-hybridized carbons (Fsp3) is 0.500. The van der Waals surface area contributed by atoms with Crippen molar-refractivity contribution in [3.8, 4) is 0 Å². The standard InChI is InChI=1S/C16H21NO4S/c1-2-22(20)14-10-6-5-9-13(14)16(19)21-11-15(18)17-12-7-3-4-8-12/h5-6,9-10,12H,2-4,7-8,11H2,1H3,(H,17,18)/t22-/m0/s1. The van der Waals surface area contributed by atoms with Crippen molar-refractivity contribution in [2.75, 3.05) is 12.4 Å². The number of hydrogen-bond acceptors (Lipinski definition) is 4. The second kappa shape index (κ2) is 8.08. The van der Waals surface area contributed by atoms with Gasteiger partial charge in [-0.2, -0.15) is 0 Å². The first-order valence-corrected chi connectivity index (χ1v) is 8.87. The minimum absolute atomic E-state index is 0.200. The summed E-state index contributed by atoms with van der Waals surface area (Å²) in [5.74, 6) is -0.472. The Hall–Kier alpha value is -1.69. The highest BCUT2D eigenvalue weighted by Crippen LogP contribution is 2.18. The lowest BCUT2D eigenvalue weighted by Crippen LogP contribution is -2.36. The van der Waals surface area contributed by atoms with Crippen LogP contribution < -0.4 is 5.32 Å². The summed E-state index contributed by atoms with van der Waals surface area (Å²) < 4.78 is 17.0. The molecule has 5 nitrogen and oxygen atoms in total. The second-order valence-corrected chi connectivity index (χ2v) is 6.96. The lowest BCUT2D eigenvalue weighted by Gasteiger charge is -2.12. The van der Waals surface area contributed by atoms with Crippen molar-refractivity contribution in [1.82, 2.24) is 5.32 Å². The van der Waals surface area contributed by atoms with Crippen LogP contribution in [0.3, 0.4) is 0 Å². The van der Waals surface area contributed by atoms with E-state index in [9.17, 15) is 13.8 Å². The zero-order valence-corrected chi connectivity index (χ0v) is 13.5. The van der Waals surface area contributed by atoms with E-state index in [-0.39, 0.29) is 24.1 Å². The van der Waals surface area contributed by atoms with E-state index in [4.69, 9.17) is 4.74 Å². The van der Waals surface area contributed by atoms with Gasteiger partial charge in [-0.15, -0.1) is 0 Å². The quantitative estimate of drug-likeness (QED) is 0.813. The average molecular weight is 323 g/mol. The Bertz CT molecular complexity index is 567. The Morgan fingerprint density at radius 3 is 2.64 bits per heavy atom. The average Bonchev–Trinajstić information content (AvgIpc) is 3.04. The van der Waals surface area contributed by atoms with E-state index in [0.29, 0.717) is 10.6 Å². The molecule has 1 saturated carbocycles. The Morgan fingerprint density at radius 1 is 1.27 bits per heavy atom. The van der Waals surface area contributed by atoms with Gasteiger partial charge < -0.3 is 10.1 Å². The maximum atomic E-state index is 12.1. The van der Waals surface area contributed by atoms with E-state index >= 15 is 0 Å². The first-order chi connectivity index (χ1) is 10.6. The molecule has 6 heteroatoms. The number of carbonyl (C=O) groups is 2. The number of amides is 1. The maximum absolute atomic E-state index is 12.1. The monoisotopic (exact) mass is 323 g/mol. The summed E-state index contributed by atoms with van der Waals surface area (Å²) in [5.41, 5.74) is 0.261. The van der Waals surface area contributed by atoms with Gasteiger partial charge in [-0.1, -0.05) is 31.9 Å². The molecule has 0 aromatic heterocycles. The highest BCUT2D eigenvalue weighted by atomic mass is 32.2. The maximum Gasteiger partial charge on any atom is 0.339 e. The van der Waals surface area contributed by atoms with Crippen LogP contribution in [0.15, 0.2) is 29.2 Å². The molecule has 120 valence electrons. The molecular formula is C16H21NO4S. The molecular weight excluding hydrogens is 302 g/mol. The number of esters is 1. The van der Waals surface area contributed by atoms with Crippen LogP contribution in [-0.4, -0.2) is 34.5 Å². The van der Waals surface area contributed by atoms with E-state index in [0.717, 1.165) is 25.7 Å². The number of rotatable bonds is 6. The van der Waals surface area contributed by atoms with Gasteiger partial charge in [0, 0.05) is 11.8 Å². The van der Waals surface area contributed by atoms with Crippen LogP contribution >= 0.6 is 0 Å². The van der Waals surface area contributed by atoms with E-state index in [1.807, 2.05) is 0 Å². The highest BCUT2D eigenvalue weighted by molar-refractivity contribution is 7.85. The molecule has 1 N–H and O–H groups in total. The molecule has 1 aromatic carbocycles. The predicted octanol–water partition coefficient (Wildman–Crippen LogP) is 2.03. The molecule has 1 amide bonds. The molecule has 1 fully saturated rings. The fourth-order valence-electron chi connectivity index (χ4n) is 2.54. The van der Waals surface area contributed by atoms with Crippen molar-refractivity contribution in [2.45, 2.75) is 43.5 Å². The molecule has 0 bridgehead atoms. The van der Waals surface area contributed by atoms with Crippen LogP contribution in [0.1, 0.15) is 43.0 Å². The van der Waals surface area contributed by atoms with Crippen molar-refractivity contribution in [3.05, 3.63) is 29.8 Å². The molecule has 0 heterocycles. The van der Waals surface area contributed by atoms with Gasteiger partial charge in [0.2, 0.25) is 0 Å². The summed E-state index contributed by atoms with van der Waals surface area (Å²) in [6, 6.07) is 6.83. The normalized spacial score (nSPS) is 16.2. The number of hydrogen-bond donors (Lipinski definition) is 1. The Balaban J connectivity index is 1.92. The van der Waals surface area contributed by atoms with Gasteiger partial charge in [0.1, 0.15) is 0 Å². The summed E-state index contributed by atoms with van der Waals surface area (Å²) in [6.45, 7) is 1.48. The van der Waals surface area contributed by atoms with E-state index in [1.165, 1.54) is 0 Å². The molecule has 0 spiro atoms. The van der Waals surface area contributed by atoms with Gasteiger partial charge in [-0.3, -0.25) is 9.00 Å². The van der Waals surface area contributed by atoms with Crippen LogP contribution in [0.2, 0.25) is 0 Å². The van der Waals surface area contributed by atoms with Crippen molar-refractivity contribution < 1.29 is 18.5 Å². The molecule has 0 unspecified atom stereocenters. The van der Waals surface area contributed by atoms with Crippen LogP contribution in [0, 0.1) is 0 Å². The van der Waals surface area contributed by atoms with Crippen molar-refractivity contribution in [3.63, 3.8) is 0 Å². The molecule has 0 radical (unpaired) electrons. The minimum Gasteiger partial charge on any atom is -0.452 e. The lowest BCUT2D eigenvalue weighted by atomic mass is 10.2. The third kappa shape index (κ3) is 4.40. The van der Waals surface area contributed by atoms with E-state index < -0.39 is 16.8 Å². The van der Waals surface area contributed by atoms with Gasteiger partial charge in [-0.05, 0) is 25.0 Å². The highest BCUT2D eigenvalue weighted by Gasteiger charge is 2.20. The first-order valence-electron chi connectivity index (χ1n) is 7.55. The number of carbonyl (C=O) groups excluding carboxylic acids is 2. The third-order valence-corrected chi connectivity index (χ3v) is 5.04. The second-order valence-electron chi connectivity index (χ2n) is 5.26. The van der Waals surface area contributed by atoms with Crippen LogP contribution in [-0.2, 0) is 20.3 Å². The van der Waals surface area contributed by atoms with Gasteiger partial charge >= 0.3 is 5.97 Å². The molecule has 1 atom stereocenters. The molecule has 2 rings (SSSR count). The molecule has 0 aliphatic heterocycles. The molecule has 1 aromatic rings. The van der Waals surface area contributed by atoms with Crippen LogP contribution in [0.25, 0.3) is 0 Å². The summed E-state index contributed by atoms with van der Waals surface area (Å²) in [7, 11) is -1.24. The van der Waals surface area contributed by atoms with Crippen molar-refractivity contribution >= 4 is 22.7 Å². The minimum atomic E-state index is -1.24. The first kappa shape index (κ1) is 16.7. The van der Waals surface area contributed by atoms with Gasteiger partial charge in [-0.25, -0.2) is 4.79 Å². The molecule has 22 heavy (non-hydrogen) atoms. The zero-order chi connectivity index (χ0) is 15.9. The number of ether oxygens (including phenoxy) is 1. The Kier molecular flexibility index (Phi) is 6.12. The van der Waals surface area contributed by atoms with Gasteiger partial charge in [0.05, 0.1) is 21.3 Å². The molecule has 1 aliphatic carbocycles. The number of nitrogens with one attached hydrogen (secondary N) is 1. The lowest BCUT2D eigenvalue weighted by molar-refractivity contribution is -0.124. The largest absolute Gasteiger partial charge is 0.452 e. The SMILES string of the molecule is CC[S@](=O)c1ccccc1C(=O)OCC(=O)NC1CCCC1. The summed E-state index contributed by atoms with van der Waals surface area (Å²) >= 11 is 0. The summed E-state index contributed by atoms with van der Waals surface area (Å²) in [5, 5.41) is 2.86. The topological polar surface area (TPSA) is 72.5 Å². The van der Waals surface area contributed by atoms with Crippen molar-refractivity contribution in [2.24, 2.45) is 0 Å². The smallest absolute Gasteiger partial charge is 0.339 e. The predicted molar refractivity (Wildman–Crippen MR) is 84.1 cm³/mol. The van der Waals surface area contributed by atoms with Crippen LogP contribution in [0.4, 0.5) is 0 Å².